The van der Waals surface area contributed by atoms with Crippen LogP contribution in [0, 0.1) is 0 Å². The first-order valence-electron chi connectivity index (χ1n) is 14.2. The number of rotatable bonds is 20. The molecule has 1 N–H and O–H groups in total. The third-order valence-corrected chi connectivity index (χ3v) is 6.45. The van der Waals surface area contributed by atoms with Crippen LogP contribution in [0.3, 0.4) is 0 Å². The zero-order valence-electron chi connectivity index (χ0n) is 23.4. The standard InChI is InChI=1S/C28H50O9/c1-5-6-7-8-9-10-11-12-13-14-15-16-17-18-19-33-28-25(32)27(36-23(4)31)26(35-22(3)30)24(37-28)20-34-21(2)29/h24-28,32H,5-20H2,1-4H3/t24-,25-,26-,27-,28+/m1/s1. The molecule has 0 aromatic carbocycles. The molecule has 0 amide bonds. The van der Waals surface area contributed by atoms with Gasteiger partial charge in [-0.05, 0) is 6.42 Å². The van der Waals surface area contributed by atoms with E-state index in [1.807, 2.05) is 0 Å². The van der Waals surface area contributed by atoms with Gasteiger partial charge in [0.05, 0.1) is 0 Å². The monoisotopic (exact) mass is 530 g/mol. The zero-order chi connectivity index (χ0) is 27.5. The van der Waals surface area contributed by atoms with E-state index in [1.165, 1.54) is 91.4 Å². The number of hydrogen-bond acceptors (Lipinski definition) is 9. The lowest BCUT2D eigenvalue weighted by Gasteiger charge is -2.42. The van der Waals surface area contributed by atoms with Crippen LogP contribution in [-0.2, 0) is 38.1 Å². The van der Waals surface area contributed by atoms with Crippen molar-refractivity contribution >= 4 is 17.9 Å². The first-order chi connectivity index (χ1) is 17.8. The number of carbonyl (C=O) groups is 3. The molecule has 1 saturated heterocycles. The number of unbranched alkanes of at least 4 members (excludes halogenated alkanes) is 13. The number of carbonyl (C=O) groups excluding carboxylic acids is 3. The molecule has 5 atom stereocenters. The summed E-state index contributed by atoms with van der Waals surface area (Å²) in [6, 6.07) is 0. The largest absolute Gasteiger partial charge is 0.463 e. The van der Waals surface area contributed by atoms with Crippen molar-refractivity contribution in [2.75, 3.05) is 13.2 Å². The highest BCUT2D eigenvalue weighted by molar-refractivity contribution is 5.67. The molecule has 0 aliphatic carbocycles. The Hall–Kier alpha value is -1.71. The van der Waals surface area contributed by atoms with Gasteiger partial charge in [0.2, 0.25) is 0 Å². The molecule has 216 valence electrons. The molecule has 0 aromatic rings. The van der Waals surface area contributed by atoms with Gasteiger partial charge in [-0.1, -0.05) is 90.4 Å². The maximum Gasteiger partial charge on any atom is 0.303 e. The third-order valence-electron chi connectivity index (χ3n) is 6.45. The van der Waals surface area contributed by atoms with E-state index in [9.17, 15) is 19.5 Å². The SMILES string of the molecule is CCCCCCCCCCCCCCCCO[C@H]1O[C@H](COC(C)=O)[C@@H](OC(C)=O)[C@H](OC(C)=O)[C@H]1O. The van der Waals surface area contributed by atoms with E-state index in [1.54, 1.807) is 0 Å². The molecule has 0 spiro atoms. The van der Waals surface area contributed by atoms with Gasteiger partial charge in [-0.25, -0.2) is 0 Å². The minimum Gasteiger partial charge on any atom is -0.463 e. The highest BCUT2D eigenvalue weighted by atomic mass is 16.7. The molecular formula is C28H50O9. The number of ether oxygens (including phenoxy) is 5. The van der Waals surface area contributed by atoms with E-state index < -0.39 is 48.6 Å². The van der Waals surface area contributed by atoms with Crippen molar-refractivity contribution in [1.82, 2.24) is 0 Å². The zero-order valence-corrected chi connectivity index (χ0v) is 23.4. The fourth-order valence-electron chi connectivity index (χ4n) is 4.52. The Bertz CT molecular complexity index is 639. The maximum absolute atomic E-state index is 11.6. The van der Waals surface area contributed by atoms with Crippen LogP contribution in [0.25, 0.3) is 0 Å². The van der Waals surface area contributed by atoms with Crippen LogP contribution in [0.2, 0.25) is 0 Å². The van der Waals surface area contributed by atoms with Crippen LogP contribution >= 0.6 is 0 Å². The van der Waals surface area contributed by atoms with Crippen molar-refractivity contribution in [2.45, 2.75) is 148 Å². The Morgan fingerprint density at radius 3 is 1.59 bits per heavy atom. The van der Waals surface area contributed by atoms with Gasteiger partial charge in [-0.2, -0.15) is 0 Å². The lowest BCUT2D eigenvalue weighted by atomic mass is 9.98. The average molecular weight is 531 g/mol. The van der Waals surface area contributed by atoms with E-state index in [-0.39, 0.29) is 6.61 Å². The minimum absolute atomic E-state index is 0.240. The van der Waals surface area contributed by atoms with Gasteiger partial charge in [0.15, 0.2) is 18.5 Å². The summed E-state index contributed by atoms with van der Waals surface area (Å²) in [5, 5.41) is 10.7. The van der Waals surface area contributed by atoms with Crippen molar-refractivity contribution in [1.29, 1.82) is 0 Å². The van der Waals surface area contributed by atoms with Crippen molar-refractivity contribution in [2.24, 2.45) is 0 Å². The lowest BCUT2D eigenvalue weighted by molar-refractivity contribution is -0.305. The average Bonchev–Trinajstić information content (AvgIpc) is 2.83. The highest BCUT2D eigenvalue weighted by Gasteiger charge is 2.50. The molecular weight excluding hydrogens is 480 g/mol. The molecule has 0 aromatic heterocycles. The van der Waals surface area contributed by atoms with Crippen LogP contribution in [0.5, 0.6) is 0 Å². The Balaban J connectivity index is 2.34. The normalized spacial score (nSPS) is 23.4. The molecule has 9 nitrogen and oxygen atoms in total. The van der Waals surface area contributed by atoms with E-state index in [4.69, 9.17) is 23.7 Å². The molecule has 1 fully saturated rings. The van der Waals surface area contributed by atoms with Gasteiger partial charge < -0.3 is 28.8 Å². The summed E-state index contributed by atoms with van der Waals surface area (Å²) in [4.78, 5) is 34.5. The van der Waals surface area contributed by atoms with Crippen molar-refractivity contribution in [3.05, 3.63) is 0 Å². The molecule has 1 heterocycles. The van der Waals surface area contributed by atoms with Crippen LogP contribution in [0.15, 0.2) is 0 Å². The number of aliphatic hydroxyl groups is 1. The smallest absolute Gasteiger partial charge is 0.303 e. The van der Waals surface area contributed by atoms with E-state index in [2.05, 4.69) is 6.92 Å². The predicted molar refractivity (Wildman–Crippen MR) is 139 cm³/mol. The highest BCUT2D eigenvalue weighted by Crippen LogP contribution is 2.28. The minimum atomic E-state index is -1.37. The predicted octanol–water partition coefficient (Wildman–Crippen LogP) is 5.00. The molecule has 0 unspecified atom stereocenters. The Morgan fingerprint density at radius 2 is 1.14 bits per heavy atom. The molecule has 1 aliphatic rings. The molecule has 0 radical (unpaired) electrons. The van der Waals surface area contributed by atoms with E-state index in [0.717, 1.165) is 19.3 Å². The maximum atomic E-state index is 11.6. The number of aliphatic hydroxyl groups excluding tert-OH is 1. The Morgan fingerprint density at radius 1 is 0.676 bits per heavy atom. The van der Waals surface area contributed by atoms with Gasteiger partial charge in [-0.3, -0.25) is 14.4 Å². The fraction of sp³-hybridized carbons (Fsp3) is 0.893. The second kappa shape index (κ2) is 20.3. The van der Waals surface area contributed by atoms with Crippen molar-refractivity contribution < 1.29 is 43.2 Å². The number of esters is 3. The van der Waals surface area contributed by atoms with Crippen LogP contribution < -0.4 is 0 Å². The van der Waals surface area contributed by atoms with Gasteiger partial charge in [0.1, 0.15) is 18.8 Å². The molecule has 1 aliphatic heterocycles. The Kier molecular flexibility index (Phi) is 18.3. The first kappa shape index (κ1) is 33.3. The molecule has 0 saturated carbocycles. The molecule has 9 heteroatoms. The summed E-state index contributed by atoms with van der Waals surface area (Å²) in [7, 11) is 0. The van der Waals surface area contributed by atoms with Crippen LogP contribution in [0.1, 0.15) is 118 Å². The molecule has 37 heavy (non-hydrogen) atoms. The second-order valence-corrected chi connectivity index (χ2v) is 9.95. The summed E-state index contributed by atoms with van der Waals surface area (Å²) in [6.07, 6.45) is 11.7. The third kappa shape index (κ3) is 15.3. The quantitative estimate of drug-likeness (QED) is 0.132. The summed E-state index contributed by atoms with van der Waals surface area (Å²) >= 11 is 0. The number of hydrogen-bond donors (Lipinski definition) is 1. The van der Waals surface area contributed by atoms with Crippen molar-refractivity contribution in [3.63, 3.8) is 0 Å². The summed E-state index contributed by atoms with van der Waals surface area (Å²) in [5.74, 6) is -1.84. The fourth-order valence-corrected chi connectivity index (χ4v) is 4.52. The van der Waals surface area contributed by atoms with Crippen molar-refractivity contribution in [3.8, 4) is 0 Å². The lowest BCUT2D eigenvalue weighted by Crippen LogP contribution is -2.61. The Labute approximate surface area is 222 Å². The van der Waals surface area contributed by atoms with Gasteiger partial charge in [0.25, 0.3) is 0 Å². The summed E-state index contributed by atoms with van der Waals surface area (Å²) < 4.78 is 27.1. The summed E-state index contributed by atoms with van der Waals surface area (Å²) in [6.45, 7) is 5.99. The summed E-state index contributed by atoms with van der Waals surface area (Å²) in [5.41, 5.74) is 0. The van der Waals surface area contributed by atoms with E-state index >= 15 is 0 Å². The second-order valence-electron chi connectivity index (χ2n) is 9.95. The first-order valence-corrected chi connectivity index (χ1v) is 14.2. The topological polar surface area (TPSA) is 118 Å². The van der Waals surface area contributed by atoms with Crippen LogP contribution in [-0.4, -0.2) is 66.9 Å². The van der Waals surface area contributed by atoms with Gasteiger partial charge >= 0.3 is 17.9 Å². The van der Waals surface area contributed by atoms with Gasteiger partial charge in [0, 0.05) is 27.4 Å². The van der Waals surface area contributed by atoms with E-state index in [0.29, 0.717) is 6.61 Å². The van der Waals surface area contributed by atoms with Gasteiger partial charge in [-0.15, -0.1) is 0 Å². The van der Waals surface area contributed by atoms with Crippen LogP contribution in [0.4, 0.5) is 0 Å². The molecule has 1 rings (SSSR count). The molecule has 0 bridgehead atoms.